The predicted octanol–water partition coefficient (Wildman–Crippen LogP) is 15.2. The largest absolute Gasteiger partial charge is 0.455 e. The molecule has 0 amide bonds. The fourth-order valence-electron chi connectivity index (χ4n) is 10.2. The first kappa shape index (κ1) is 32.4. The Hall–Kier alpha value is -6.84. The molecule has 0 bridgehead atoms. The molecule has 10 aromatic rings. The maximum absolute atomic E-state index is 6.73. The Kier molecular flexibility index (Phi) is 6.46. The van der Waals surface area contributed by atoms with Crippen LogP contribution in [0.15, 0.2) is 173 Å². The van der Waals surface area contributed by atoms with Gasteiger partial charge in [-0.15, -0.1) is 0 Å². The van der Waals surface area contributed by atoms with Gasteiger partial charge in [0.1, 0.15) is 16.7 Å². The second-order valence-electron chi connectivity index (χ2n) is 16.9. The van der Waals surface area contributed by atoms with Gasteiger partial charge in [-0.05, 0) is 98.6 Å². The Balaban J connectivity index is 1.03. The zero-order valence-corrected chi connectivity index (χ0v) is 32.4. The summed E-state index contributed by atoms with van der Waals surface area (Å²) < 4.78 is 13.2. The van der Waals surface area contributed by atoms with E-state index in [0.29, 0.717) is 0 Å². The molecule has 2 aliphatic carbocycles. The summed E-state index contributed by atoms with van der Waals surface area (Å²) in [6, 6.07) is 59.6. The zero-order valence-electron chi connectivity index (χ0n) is 32.4. The maximum Gasteiger partial charge on any atom is 0.159 e. The van der Waals surface area contributed by atoms with E-state index in [1.54, 1.807) is 0 Å². The fraction of sp³-hybridized carbons (Fsp3) is 0.111. The van der Waals surface area contributed by atoms with Crippen LogP contribution in [-0.2, 0) is 10.8 Å². The highest BCUT2D eigenvalue weighted by Crippen LogP contribution is 2.54. The van der Waals surface area contributed by atoms with Crippen molar-refractivity contribution in [2.75, 3.05) is 4.90 Å². The molecule has 272 valence electrons. The van der Waals surface area contributed by atoms with E-state index in [-0.39, 0.29) is 10.8 Å². The van der Waals surface area contributed by atoms with Crippen molar-refractivity contribution in [3.05, 3.63) is 186 Å². The molecule has 0 spiro atoms. The number of benzene rings is 8. The van der Waals surface area contributed by atoms with Crippen molar-refractivity contribution in [2.45, 2.75) is 38.5 Å². The average molecular weight is 734 g/mol. The lowest BCUT2D eigenvalue weighted by atomic mass is 9.81. The number of nitrogens with zero attached hydrogens (tertiary/aromatic N) is 1. The van der Waals surface area contributed by atoms with Crippen LogP contribution in [0.5, 0.6) is 0 Å². The van der Waals surface area contributed by atoms with E-state index in [2.05, 4.69) is 184 Å². The topological polar surface area (TPSA) is 29.5 Å². The summed E-state index contributed by atoms with van der Waals surface area (Å²) in [7, 11) is 0. The normalized spacial score (nSPS) is 14.6. The molecular formula is C54H39NO2. The monoisotopic (exact) mass is 733 g/mol. The standard InChI is InChI=1S/C54H39NO2/c1-53(2)44-19-8-5-13-36(44)38-27-24-33(30-46(38)53)55(48-20-12-18-43-41-15-7-10-22-50(41)57-52(43)48)34-25-28-39-37-26-23-32(29-45(37)54(3,4)47(39)31-34)35-16-11-17-42-40-14-6-9-21-49(40)56-51(35)42/h5-31H,1-4H3. The van der Waals surface area contributed by atoms with Crippen LogP contribution in [0.25, 0.3) is 77.3 Å². The van der Waals surface area contributed by atoms with Gasteiger partial charge >= 0.3 is 0 Å². The van der Waals surface area contributed by atoms with Gasteiger partial charge in [0.2, 0.25) is 0 Å². The number of hydrogen-bond donors (Lipinski definition) is 0. The molecule has 0 saturated carbocycles. The van der Waals surface area contributed by atoms with E-state index in [0.717, 1.165) is 66.5 Å². The average Bonchev–Trinajstić information content (AvgIpc) is 3.94. The molecule has 0 fully saturated rings. The van der Waals surface area contributed by atoms with E-state index in [1.807, 2.05) is 12.1 Å². The molecular weight excluding hydrogens is 695 g/mol. The SMILES string of the molecule is CC1(C)c2ccccc2-c2ccc(N(c3ccc4c(c3)C(C)(C)c3cc(-c5cccc6c5oc5ccccc56)ccc3-4)c3cccc4c3oc3ccccc34)cc21. The lowest BCUT2D eigenvalue weighted by Gasteiger charge is -2.29. The van der Waals surface area contributed by atoms with Gasteiger partial charge in [0.25, 0.3) is 0 Å². The van der Waals surface area contributed by atoms with Crippen LogP contribution in [0.2, 0.25) is 0 Å². The van der Waals surface area contributed by atoms with Gasteiger partial charge in [0.15, 0.2) is 5.58 Å². The Bertz CT molecular complexity index is 3320. The molecule has 3 heteroatoms. The number of furan rings is 2. The molecule has 12 rings (SSSR count). The Morgan fingerprint density at radius 3 is 1.53 bits per heavy atom. The van der Waals surface area contributed by atoms with Crippen molar-refractivity contribution in [3.63, 3.8) is 0 Å². The maximum atomic E-state index is 6.73. The Morgan fingerprint density at radius 1 is 0.368 bits per heavy atom. The predicted molar refractivity (Wildman–Crippen MR) is 236 cm³/mol. The molecule has 0 radical (unpaired) electrons. The van der Waals surface area contributed by atoms with Gasteiger partial charge in [-0.1, -0.05) is 143 Å². The van der Waals surface area contributed by atoms with E-state index in [9.17, 15) is 0 Å². The number of fused-ring (bicyclic) bond motifs is 12. The first-order valence-corrected chi connectivity index (χ1v) is 19.9. The molecule has 57 heavy (non-hydrogen) atoms. The van der Waals surface area contributed by atoms with Crippen molar-refractivity contribution >= 4 is 60.9 Å². The lowest BCUT2D eigenvalue weighted by molar-refractivity contribution is 0.659. The highest BCUT2D eigenvalue weighted by Gasteiger charge is 2.38. The summed E-state index contributed by atoms with van der Waals surface area (Å²) in [6.07, 6.45) is 0. The quantitative estimate of drug-likeness (QED) is 0.180. The summed E-state index contributed by atoms with van der Waals surface area (Å²) in [5.74, 6) is 0. The number of para-hydroxylation sites is 4. The van der Waals surface area contributed by atoms with Crippen molar-refractivity contribution in [1.29, 1.82) is 0 Å². The van der Waals surface area contributed by atoms with Crippen molar-refractivity contribution in [3.8, 4) is 33.4 Å². The minimum atomic E-state index is -0.253. The number of anilines is 3. The van der Waals surface area contributed by atoms with Crippen LogP contribution in [0.4, 0.5) is 17.1 Å². The van der Waals surface area contributed by atoms with E-state index in [4.69, 9.17) is 8.83 Å². The van der Waals surface area contributed by atoms with Crippen LogP contribution < -0.4 is 4.90 Å². The molecule has 2 aliphatic rings. The van der Waals surface area contributed by atoms with Gasteiger partial charge in [-0.3, -0.25) is 0 Å². The van der Waals surface area contributed by atoms with Crippen LogP contribution in [-0.4, -0.2) is 0 Å². The van der Waals surface area contributed by atoms with Crippen molar-refractivity contribution in [2.24, 2.45) is 0 Å². The van der Waals surface area contributed by atoms with Crippen molar-refractivity contribution in [1.82, 2.24) is 0 Å². The second-order valence-corrected chi connectivity index (χ2v) is 16.9. The molecule has 8 aromatic carbocycles. The van der Waals surface area contributed by atoms with E-state index >= 15 is 0 Å². The van der Waals surface area contributed by atoms with Gasteiger partial charge in [0.05, 0.1) is 5.69 Å². The van der Waals surface area contributed by atoms with Gasteiger partial charge in [-0.25, -0.2) is 0 Å². The molecule has 0 atom stereocenters. The van der Waals surface area contributed by atoms with Crippen LogP contribution in [0.1, 0.15) is 49.9 Å². The third-order valence-electron chi connectivity index (χ3n) is 13.1. The summed E-state index contributed by atoms with van der Waals surface area (Å²) in [6.45, 7) is 9.44. The minimum absolute atomic E-state index is 0.134. The fourth-order valence-corrected chi connectivity index (χ4v) is 10.2. The highest BCUT2D eigenvalue weighted by atomic mass is 16.3. The molecule has 2 aromatic heterocycles. The first-order valence-electron chi connectivity index (χ1n) is 19.9. The smallest absolute Gasteiger partial charge is 0.159 e. The molecule has 0 saturated heterocycles. The summed E-state index contributed by atoms with van der Waals surface area (Å²) in [4.78, 5) is 2.41. The molecule has 3 nitrogen and oxygen atoms in total. The summed E-state index contributed by atoms with van der Waals surface area (Å²) in [5.41, 5.74) is 19.3. The molecule has 0 aliphatic heterocycles. The summed E-state index contributed by atoms with van der Waals surface area (Å²) >= 11 is 0. The van der Waals surface area contributed by atoms with Gasteiger partial charge < -0.3 is 13.7 Å². The number of hydrogen-bond acceptors (Lipinski definition) is 3. The third kappa shape index (κ3) is 4.43. The Morgan fingerprint density at radius 2 is 0.842 bits per heavy atom. The molecule has 0 unspecified atom stereocenters. The molecule has 2 heterocycles. The van der Waals surface area contributed by atoms with Crippen molar-refractivity contribution < 1.29 is 8.83 Å². The zero-order chi connectivity index (χ0) is 38.2. The number of rotatable bonds is 4. The van der Waals surface area contributed by atoms with Gasteiger partial charge in [-0.2, -0.15) is 0 Å². The van der Waals surface area contributed by atoms with Crippen LogP contribution in [0, 0.1) is 0 Å². The highest BCUT2D eigenvalue weighted by molar-refractivity contribution is 6.11. The first-order chi connectivity index (χ1) is 27.8. The minimum Gasteiger partial charge on any atom is -0.455 e. The van der Waals surface area contributed by atoms with Crippen LogP contribution >= 0.6 is 0 Å². The van der Waals surface area contributed by atoms with E-state index < -0.39 is 0 Å². The second kappa shape index (κ2) is 11.4. The molecule has 0 N–H and O–H groups in total. The van der Waals surface area contributed by atoms with Crippen LogP contribution in [0.3, 0.4) is 0 Å². The van der Waals surface area contributed by atoms with E-state index in [1.165, 1.54) is 50.1 Å². The Labute approximate surface area is 331 Å². The van der Waals surface area contributed by atoms with Gasteiger partial charge in [0, 0.05) is 49.3 Å². The lowest BCUT2D eigenvalue weighted by Crippen LogP contribution is -2.18. The third-order valence-corrected chi connectivity index (χ3v) is 13.1. The summed E-state index contributed by atoms with van der Waals surface area (Å²) in [5, 5.41) is 4.53.